The summed E-state index contributed by atoms with van der Waals surface area (Å²) in [5.41, 5.74) is 2.44. The van der Waals surface area contributed by atoms with Gasteiger partial charge in [-0.2, -0.15) is 0 Å². The SMILES string of the molecule is CCOC(=O)c1sc(CC)c2c1CC/C(=C/N(C)C)C2=O. The largest absolute Gasteiger partial charge is 0.462 e. The second-order valence-electron chi connectivity index (χ2n) is 5.23. The molecule has 114 valence electrons. The molecule has 0 saturated heterocycles. The topological polar surface area (TPSA) is 46.6 Å². The summed E-state index contributed by atoms with van der Waals surface area (Å²) in [5, 5.41) is 0. The lowest BCUT2D eigenvalue weighted by molar-refractivity contribution is 0.0531. The number of nitrogens with zero attached hydrogens (tertiary/aromatic N) is 1. The minimum Gasteiger partial charge on any atom is -0.462 e. The molecule has 1 aromatic heterocycles. The summed E-state index contributed by atoms with van der Waals surface area (Å²) in [6.07, 6.45) is 4.04. The number of hydrogen-bond donors (Lipinski definition) is 0. The molecule has 4 nitrogen and oxygen atoms in total. The Morgan fingerprint density at radius 2 is 2.05 bits per heavy atom. The number of fused-ring (bicyclic) bond motifs is 1. The van der Waals surface area contributed by atoms with Gasteiger partial charge in [-0.15, -0.1) is 11.3 Å². The molecular weight excluding hydrogens is 286 g/mol. The molecule has 0 fully saturated rings. The molecule has 0 amide bonds. The molecular formula is C16H21NO3S. The molecule has 0 aromatic carbocycles. The van der Waals surface area contributed by atoms with Crippen molar-refractivity contribution in [1.29, 1.82) is 0 Å². The van der Waals surface area contributed by atoms with E-state index in [2.05, 4.69) is 0 Å². The van der Waals surface area contributed by atoms with Crippen molar-refractivity contribution in [3.8, 4) is 0 Å². The third-order valence-corrected chi connectivity index (χ3v) is 4.80. The Bertz CT molecular complexity index is 599. The average Bonchev–Trinajstić information content (AvgIpc) is 2.81. The third kappa shape index (κ3) is 3.02. The quantitative estimate of drug-likeness (QED) is 0.633. The number of ketones is 1. The fraction of sp³-hybridized carbons (Fsp3) is 0.500. The van der Waals surface area contributed by atoms with Crippen LogP contribution >= 0.6 is 11.3 Å². The van der Waals surface area contributed by atoms with Crippen molar-refractivity contribution in [3.05, 3.63) is 32.7 Å². The van der Waals surface area contributed by atoms with Crippen LogP contribution in [0.25, 0.3) is 0 Å². The molecule has 0 saturated carbocycles. The van der Waals surface area contributed by atoms with E-state index in [0.717, 1.165) is 34.4 Å². The number of carbonyl (C=O) groups is 2. The van der Waals surface area contributed by atoms with Gasteiger partial charge in [0.05, 0.1) is 6.61 Å². The Morgan fingerprint density at radius 1 is 1.33 bits per heavy atom. The minimum atomic E-state index is -0.300. The summed E-state index contributed by atoms with van der Waals surface area (Å²) >= 11 is 1.41. The molecule has 0 spiro atoms. The first-order valence-electron chi connectivity index (χ1n) is 7.23. The number of esters is 1. The van der Waals surface area contributed by atoms with E-state index in [9.17, 15) is 9.59 Å². The smallest absolute Gasteiger partial charge is 0.348 e. The molecule has 1 aromatic rings. The number of carbonyl (C=O) groups excluding carboxylic acids is 2. The summed E-state index contributed by atoms with van der Waals surface area (Å²) in [5.74, 6) is -0.236. The van der Waals surface area contributed by atoms with Gasteiger partial charge in [-0.1, -0.05) is 6.92 Å². The first-order valence-corrected chi connectivity index (χ1v) is 8.04. The van der Waals surface area contributed by atoms with Gasteiger partial charge in [-0.05, 0) is 31.7 Å². The zero-order valence-electron chi connectivity index (χ0n) is 13.0. The van der Waals surface area contributed by atoms with Crippen LogP contribution in [0.2, 0.25) is 0 Å². The summed E-state index contributed by atoms with van der Waals surface area (Å²) in [4.78, 5) is 28.2. The maximum atomic E-state index is 12.7. The van der Waals surface area contributed by atoms with E-state index in [-0.39, 0.29) is 11.8 Å². The molecule has 0 bridgehead atoms. The van der Waals surface area contributed by atoms with Crippen LogP contribution in [0.4, 0.5) is 0 Å². The number of rotatable bonds is 4. The second kappa shape index (κ2) is 6.43. The Kier molecular flexibility index (Phi) is 4.83. The summed E-state index contributed by atoms with van der Waals surface area (Å²) in [7, 11) is 3.82. The molecule has 1 aliphatic carbocycles. The normalized spacial score (nSPS) is 16.0. The van der Waals surface area contributed by atoms with Crippen molar-refractivity contribution in [1.82, 2.24) is 4.90 Å². The predicted molar refractivity (Wildman–Crippen MR) is 84.1 cm³/mol. The molecule has 0 N–H and O–H groups in total. The zero-order valence-corrected chi connectivity index (χ0v) is 13.8. The van der Waals surface area contributed by atoms with Gasteiger partial charge in [-0.3, -0.25) is 4.79 Å². The van der Waals surface area contributed by atoms with E-state index in [1.807, 2.05) is 32.1 Å². The minimum absolute atomic E-state index is 0.0635. The summed E-state index contributed by atoms with van der Waals surface area (Å²) in [6, 6.07) is 0. The van der Waals surface area contributed by atoms with Gasteiger partial charge in [0.15, 0.2) is 5.78 Å². The molecule has 0 aliphatic heterocycles. The standard InChI is InChI=1S/C16H21NO3S/c1-5-12-13-11(15(21-12)16(19)20-6-2)8-7-10(14(13)18)9-17(3)4/h9H,5-8H2,1-4H3/b10-9-. The number of Topliss-reactive ketones (excluding diaryl/α,β-unsaturated/α-hetero) is 1. The number of hydrogen-bond acceptors (Lipinski definition) is 5. The first kappa shape index (κ1) is 15.8. The van der Waals surface area contributed by atoms with Crippen molar-refractivity contribution >= 4 is 23.1 Å². The van der Waals surface area contributed by atoms with Gasteiger partial charge >= 0.3 is 5.97 Å². The van der Waals surface area contributed by atoms with E-state index in [1.165, 1.54) is 11.3 Å². The van der Waals surface area contributed by atoms with E-state index < -0.39 is 0 Å². The van der Waals surface area contributed by atoms with Gasteiger partial charge in [0.1, 0.15) is 4.88 Å². The van der Waals surface area contributed by atoms with Gasteiger partial charge in [-0.25, -0.2) is 4.79 Å². The Morgan fingerprint density at radius 3 is 2.62 bits per heavy atom. The lowest BCUT2D eigenvalue weighted by Crippen LogP contribution is -2.18. The zero-order chi connectivity index (χ0) is 15.6. The van der Waals surface area contributed by atoms with Crippen molar-refractivity contribution in [2.75, 3.05) is 20.7 Å². The molecule has 1 aliphatic rings. The number of ether oxygens (including phenoxy) is 1. The maximum absolute atomic E-state index is 12.7. The third-order valence-electron chi connectivity index (χ3n) is 3.44. The van der Waals surface area contributed by atoms with Crippen LogP contribution in [0, 0.1) is 0 Å². The summed E-state index contributed by atoms with van der Waals surface area (Å²) in [6.45, 7) is 4.16. The van der Waals surface area contributed by atoms with Crippen LogP contribution in [-0.2, 0) is 17.6 Å². The highest BCUT2D eigenvalue weighted by Crippen LogP contribution is 2.37. The van der Waals surface area contributed by atoms with Gasteiger partial charge in [0.25, 0.3) is 0 Å². The Labute approximate surface area is 129 Å². The van der Waals surface area contributed by atoms with E-state index in [4.69, 9.17) is 4.74 Å². The monoisotopic (exact) mass is 307 g/mol. The highest BCUT2D eigenvalue weighted by Gasteiger charge is 2.31. The van der Waals surface area contributed by atoms with Crippen molar-refractivity contribution in [3.63, 3.8) is 0 Å². The Hall–Kier alpha value is -1.62. The van der Waals surface area contributed by atoms with Crippen LogP contribution in [0.5, 0.6) is 0 Å². The van der Waals surface area contributed by atoms with E-state index >= 15 is 0 Å². The average molecular weight is 307 g/mol. The lowest BCUT2D eigenvalue weighted by Gasteiger charge is -2.18. The highest BCUT2D eigenvalue weighted by molar-refractivity contribution is 7.14. The molecule has 2 rings (SSSR count). The van der Waals surface area contributed by atoms with E-state index in [1.54, 1.807) is 6.92 Å². The lowest BCUT2D eigenvalue weighted by atomic mass is 9.87. The molecule has 5 heteroatoms. The van der Waals surface area contributed by atoms with Crippen molar-refractivity contribution in [2.24, 2.45) is 0 Å². The van der Waals surface area contributed by atoms with Crippen LogP contribution in [-0.4, -0.2) is 37.4 Å². The molecule has 21 heavy (non-hydrogen) atoms. The number of allylic oxidation sites excluding steroid dienone is 1. The predicted octanol–water partition coefficient (Wildman–Crippen LogP) is 3.06. The molecule has 1 heterocycles. The molecule has 0 radical (unpaired) electrons. The summed E-state index contributed by atoms with van der Waals surface area (Å²) < 4.78 is 5.12. The van der Waals surface area contributed by atoms with Gasteiger partial charge in [0.2, 0.25) is 0 Å². The second-order valence-corrected chi connectivity index (χ2v) is 6.33. The molecule has 0 atom stereocenters. The Balaban J connectivity index is 2.48. The van der Waals surface area contributed by atoms with Gasteiger partial charge < -0.3 is 9.64 Å². The number of thiophene rings is 1. The van der Waals surface area contributed by atoms with E-state index in [0.29, 0.717) is 17.9 Å². The first-order chi connectivity index (χ1) is 9.99. The van der Waals surface area contributed by atoms with Crippen LogP contribution in [0.3, 0.4) is 0 Å². The van der Waals surface area contributed by atoms with Crippen LogP contribution in [0.15, 0.2) is 11.8 Å². The number of aryl methyl sites for hydroxylation is 1. The fourth-order valence-electron chi connectivity index (χ4n) is 2.60. The van der Waals surface area contributed by atoms with Crippen molar-refractivity contribution < 1.29 is 14.3 Å². The van der Waals surface area contributed by atoms with Crippen molar-refractivity contribution in [2.45, 2.75) is 33.1 Å². The fourth-order valence-corrected chi connectivity index (χ4v) is 3.78. The van der Waals surface area contributed by atoms with Gasteiger partial charge in [0, 0.05) is 36.3 Å². The highest BCUT2D eigenvalue weighted by atomic mass is 32.1. The molecule has 0 unspecified atom stereocenters. The van der Waals surface area contributed by atoms with Crippen LogP contribution in [0.1, 0.15) is 50.7 Å². The maximum Gasteiger partial charge on any atom is 0.348 e. The van der Waals surface area contributed by atoms with Crippen LogP contribution < -0.4 is 0 Å².